The summed E-state index contributed by atoms with van der Waals surface area (Å²) in [7, 11) is 0. The number of pyridine rings is 1. The van der Waals surface area contributed by atoms with Crippen molar-refractivity contribution in [3.63, 3.8) is 0 Å². The highest BCUT2D eigenvalue weighted by molar-refractivity contribution is 6.06. The van der Waals surface area contributed by atoms with Crippen LogP contribution in [-0.4, -0.2) is 44.3 Å². The predicted octanol–water partition coefficient (Wildman–Crippen LogP) is 3.38. The zero-order valence-electron chi connectivity index (χ0n) is 18.5. The molecule has 4 fully saturated rings. The van der Waals surface area contributed by atoms with Crippen LogP contribution in [0, 0.1) is 17.8 Å². The van der Waals surface area contributed by atoms with E-state index in [2.05, 4.69) is 20.6 Å². The lowest BCUT2D eigenvalue weighted by Crippen LogP contribution is -2.59. The van der Waals surface area contributed by atoms with Crippen LogP contribution in [0.2, 0.25) is 0 Å². The largest absolute Gasteiger partial charge is 0.394 e. The van der Waals surface area contributed by atoms with Crippen LogP contribution in [0.4, 0.5) is 5.69 Å². The molecular weight excluding hydrogens is 416 g/mol. The molecule has 4 aliphatic carbocycles. The standard InChI is InChI=1S/C26H30N4O3/c31-14-21(16-4-2-1-3-5-16)29-25(32)20-13-28-24-19(6-7-27-24)23(20)30-22-17-8-15-9-18(22)12-26(33,10-15)11-17/h1-7,13,15,17-18,21-22,31,33H,8-12,14H2,(H,29,32)(H2,27,28,30)/t15?,17?,18?,21-,22?,26?/m1/s1. The van der Waals surface area contributed by atoms with Gasteiger partial charge in [0.2, 0.25) is 0 Å². The number of fused-ring (bicyclic) bond motifs is 1. The van der Waals surface area contributed by atoms with E-state index in [9.17, 15) is 15.0 Å². The van der Waals surface area contributed by atoms with Crippen molar-refractivity contribution < 1.29 is 15.0 Å². The van der Waals surface area contributed by atoms with Gasteiger partial charge < -0.3 is 25.8 Å². The first-order valence-corrected chi connectivity index (χ1v) is 11.9. The fraction of sp³-hybridized carbons (Fsp3) is 0.462. The minimum Gasteiger partial charge on any atom is -0.394 e. The van der Waals surface area contributed by atoms with Gasteiger partial charge in [-0.3, -0.25) is 4.79 Å². The molecule has 5 N–H and O–H groups in total. The Morgan fingerprint density at radius 1 is 1.15 bits per heavy atom. The van der Waals surface area contributed by atoms with Gasteiger partial charge in [0.15, 0.2) is 0 Å². The molecule has 7 nitrogen and oxygen atoms in total. The van der Waals surface area contributed by atoms with Gasteiger partial charge >= 0.3 is 0 Å². The summed E-state index contributed by atoms with van der Waals surface area (Å²) in [6.45, 7) is -0.189. The van der Waals surface area contributed by atoms with E-state index in [1.165, 1.54) is 0 Å². The third-order valence-electron chi connectivity index (χ3n) is 8.07. The van der Waals surface area contributed by atoms with Gasteiger partial charge in [0.1, 0.15) is 5.65 Å². The number of amides is 1. The molecule has 4 bridgehead atoms. The quantitative estimate of drug-likeness (QED) is 0.399. The van der Waals surface area contributed by atoms with Crippen molar-refractivity contribution >= 4 is 22.6 Å². The predicted molar refractivity (Wildman–Crippen MR) is 126 cm³/mol. The maximum absolute atomic E-state index is 13.4. The average molecular weight is 447 g/mol. The van der Waals surface area contributed by atoms with E-state index < -0.39 is 11.6 Å². The maximum Gasteiger partial charge on any atom is 0.255 e. The number of hydrogen-bond donors (Lipinski definition) is 5. The highest BCUT2D eigenvalue weighted by atomic mass is 16.3. The molecule has 0 radical (unpaired) electrons. The third kappa shape index (κ3) is 3.60. The van der Waals surface area contributed by atoms with Crippen molar-refractivity contribution in [1.29, 1.82) is 0 Å². The normalized spacial score (nSPS) is 31.0. The first-order chi connectivity index (χ1) is 16.0. The fourth-order valence-corrected chi connectivity index (χ4v) is 6.88. The Hall–Kier alpha value is -2.90. The van der Waals surface area contributed by atoms with Gasteiger partial charge in [-0.1, -0.05) is 30.3 Å². The highest BCUT2D eigenvalue weighted by Crippen LogP contribution is 2.56. The van der Waals surface area contributed by atoms with Crippen LogP contribution in [0.5, 0.6) is 0 Å². The van der Waals surface area contributed by atoms with Crippen LogP contribution in [-0.2, 0) is 0 Å². The van der Waals surface area contributed by atoms with E-state index in [1.807, 2.05) is 42.6 Å². The molecule has 0 saturated heterocycles. The molecule has 2 heterocycles. The monoisotopic (exact) mass is 446 g/mol. The number of aromatic nitrogens is 2. The number of hydrogen-bond acceptors (Lipinski definition) is 5. The Morgan fingerprint density at radius 2 is 1.91 bits per heavy atom. The van der Waals surface area contributed by atoms with Gasteiger partial charge in [-0.25, -0.2) is 4.98 Å². The number of anilines is 1. The van der Waals surface area contributed by atoms with E-state index in [1.54, 1.807) is 6.20 Å². The van der Waals surface area contributed by atoms with Gasteiger partial charge in [0, 0.05) is 23.8 Å². The Bertz CT molecular complexity index is 1160. The number of rotatable bonds is 6. The van der Waals surface area contributed by atoms with Crippen molar-refractivity contribution in [2.45, 2.75) is 49.8 Å². The summed E-state index contributed by atoms with van der Waals surface area (Å²) in [6, 6.07) is 11.2. The lowest BCUT2D eigenvalue weighted by atomic mass is 9.52. The van der Waals surface area contributed by atoms with Crippen LogP contribution in [0.3, 0.4) is 0 Å². The van der Waals surface area contributed by atoms with Crippen LogP contribution in [0.15, 0.2) is 48.8 Å². The molecule has 4 saturated carbocycles. The minimum atomic E-state index is -0.499. The summed E-state index contributed by atoms with van der Waals surface area (Å²) in [6.07, 6.45) is 8.34. The SMILES string of the molecule is O=C(N[C@H](CO)c1ccccc1)c1cnc2[nH]ccc2c1NC1C2CC3CC1CC(O)(C3)C2. The molecule has 3 atom stereocenters. The van der Waals surface area contributed by atoms with Gasteiger partial charge in [0.25, 0.3) is 5.91 Å². The van der Waals surface area contributed by atoms with Crippen molar-refractivity contribution in [1.82, 2.24) is 15.3 Å². The zero-order valence-corrected chi connectivity index (χ0v) is 18.5. The Kier molecular flexibility index (Phi) is 4.92. The Balaban J connectivity index is 1.32. The summed E-state index contributed by atoms with van der Waals surface area (Å²) in [5.41, 5.74) is 2.35. The van der Waals surface area contributed by atoms with Crippen LogP contribution >= 0.6 is 0 Å². The molecule has 7 rings (SSSR count). The lowest BCUT2D eigenvalue weighted by Gasteiger charge is -2.58. The number of aromatic amines is 1. The molecule has 3 aromatic rings. The van der Waals surface area contributed by atoms with E-state index in [0.29, 0.717) is 23.3 Å². The van der Waals surface area contributed by atoms with Gasteiger partial charge in [-0.2, -0.15) is 0 Å². The van der Waals surface area contributed by atoms with E-state index in [4.69, 9.17) is 0 Å². The number of nitrogens with one attached hydrogen (secondary N) is 3. The van der Waals surface area contributed by atoms with E-state index in [-0.39, 0.29) is 18.6 Å². The number of nitrogens with zero attached hydrogens (tertiary/aromatic N) is 1. The first-order valence-electron chi connectivity index (χ1n) is 11.9. The Labute approximate surface area is 192 Å². The van der Waals surface area contributed by atoms with Crippen LogP contribution in [0.25, 0.3) is 11.0 Å². The number of H-pyrrole nitrogens is 1. The zero-order chi connectivity index (χ0) is 22.6. The topological polar surface area (TPSA) is 110 Å². The molecule has 33 heavy (non-hydrogen) atoms. The van der Waals surface area contributed by atoms with Crippen molar-refractivity contribution in [2.24, 2.45) is 17.8 Å². The van der Waals surface area contributed by atoms with Gasteiger partial charge in [-0.15, -0.1) is 0 Å². The highest BCUT2D eigenvalue weighted by Gasteiger charge is 2.54. The second-order valence-electron chi connectivity index (χ2n) is 10.3. The molecule has 1 aromatic carbocycles. The minimum absolute atomic E-state index is 0.189. The van der Waals surface area contributed by atoms with Crippen LogP contribution < -0.4 is 10.6 Å². The smallest absolute Gasteiger partial charge is 0.255 e. The molecule has 0 aliphatic heterocycles. The second kappa shape index (κ2) is 7.85. The molecule has 4 aliphatic rings. The van der Waals surface area contributed by atoms with Gasteiger partial charge in [-0.05, 0) is 61.5 Å². The lowest BCUT2D eigenvalue weighted by molar-refractivity contribution is -0.129. The number of carbonyl (C=O) groups is 1. The Morgan fingerprint density at radius 3 is 2.61 bits per heavy atom. The van der Waals surface area contributed by atoms with Crippen LogP contribution in [0.1, 0.15) is 54.1 Å². The van der Waals surface area contributed by atoms with E-state index in [0.717, 1.165) is 54.4 Å². The average Bonchev–Trinajstić information content (AvgIpc) is 3.28. The summed E-state index contributed by atoms with van der Waals surface area (Å²) < 4.78 is 0. The number of aliphatic hydroxyl groups excluding tert-OH is 1. The second-order valence-corrected chi connectivity index (χ2v) is 10.3. The van der Waals surface area contributed by atoms with Crippen molar-refractivity contribution in [2.75, 3.05) is 11.9 Å². The summed E-state index contributed by atoms with van der Waals surface area (Å²) >= 11 is 0. The number of aliphatic hydroxyl groups is 2. The molecule has 7 heteroatoms. The van der Waals surface area contributed by atoms with Gasteiger partial charge in [0.05, 0.1) is 29.5 Å². The fourth-order valence-electron chi connectivity index (χ4n) is 6.88. The number of carbonyl (C=O) groups excluding carboxylic acids is 1. The molecule has 2 aromatic heterocycles. The summed E-state index contributed by atoms with van der Waals surface area (Å²) in [5.74, 6) is 1.18. The molecule has 172 valence electrons. The number of benzene rings is 1. The van der Waals surface area contributed by atoms with E-state index >= 15 is 0 Å². The maximum atomic E-state index is 13.4. The summed E-state index contributed by atoms with van der Waals surface area (Å²) in [5, 5.41) is 28.5. The van der Waals surface area contributed by atoms with Crippen molar-refractivity contribution in [3.8, 4) is 0 Å². The molecule has 2 unspecified atom stereocenters. The third-order valence-corrected chi connectivity index (χ3v) is 8.07. The summed E-state index contributed by atoms with van der Waals surface area (Å²) in [4.78, 5) is 21.0. The molecular formula is C26H30N4O3. The molecule has 0 spiro atoms. The first kappa shape index (κ1) is 20.7. The van der Waals surface area contributed by atoms with Crippen molar-refractivity contribution in [3.05, 3.63) is 59.9 Å². The molecule has 1 amide bonds.